The molecule has 3 aromatic heterocycles. The molecule has 264 valence electrons. The van der Waals surface area contributed by atoms with Crippen molar-refractivity contribution in [2.75, 3.05) is 4.90 Å². The minimum Gasteiger partial charge on any atom is -0.454 e. The van der Waals surface area contributed by atoms with E-state index < -0.39 is 21.4 Å². The molecule has 0 fully saturated rings. The normalized spacial score (nSPS) is 12.5. The van der Waals surface area contributed by atoms with E-state index in [9.17, 15) is 21.6 Å². The summed E-state index contributed by atoms with van der Waals surface area (Å²) >= 11 is 3.35. The van der Waals surface area contributed by atoms with Gasteiger partial charge >= 0.3 is 15.6 Å². The molecule has 5 nitrogen and oxygen atoms in total. The number of fused-ring (bicyclic) bond motifs is 9. The highest BCUT2D eigenvalue weighted by Gasteiger charge is 2.48. The van der Waals surface area contributed by atoms with E-state index >= 15 is 0 Å². The number of hydrogen-bond acceptors (Lipinski definition) is 7. The average molecular weight is 772 g/mol. The first-order chi connectivity index (χ1) is 26.1. The maximum absolute atomic E-state index is 13.7. The van der Waals surface area contributed by atoms with E-state index in [1.165, 1.54) is 16.8 Å². The zero-order valence-corrected chi connectivity index (χ0v) is 30.2. The second kappa shape index (κ2) is 12.1. The lowest BCUT2D eigenvalue weighted by molar-refractivity contribution is -0.0500. The standard InChI is InChI=1S/C43H24F3NO4S3/c44-43(45,46)54(48,49)51-29-23-35-33-20-25(26-15-19-40-34(21-26)31-11-5-7-13-39(31)52-40)14-18-37(33)50-42(35)36(24-29)47(27-8-2-1-3-9-27)28-16-17-32-30-10-4-6-12-38(30)53-41(32)22-28/h1-24H. The summed E-state index contributed by atoms with van der Waals surface area (Å²) in [6, 6.07) is 46.1. The van der Waals surface area contributed by atoms with E-state index in [1.54, 1.807) is 22.7 Å². The molecule has 0 aliphatic heterocycles. The second-order valence-corrected chi connectivity index (χ2v) is 16.6. The first-order valence-electron chi connectivity index (χ1n) is 16.8. The van der Waals surface area contributed by atoms with Gasteiger partial charge in [0.1, 0.15) is 11.3 Å². The number of para-hydroxylation sites is 1. The Kier molecular flexibility index (Phi) is 7.32. The Hall–Kier alpha value is -5.88. The monoisotopic (exact) mass is 771 g/mol. The van der Waals surface area contributed by atoms with E-state index in [4.69, 9.17) is 8.60 Å². The van der Waals surface area contributed by atoms with E-state index in [2.05, 4.69) is 36.4 Å². The minimum atomic E-state index is -6.00. The van der Waals surface area contributed by atoms with E-state index in [-0.39, 0.29) is 0 Å². The summed E-state index contributed by atoms with van der Waals surface area (Å²) in [5.74, 6) is -0.502. The van der Waals surface area contributed by atoms with Crippen molar-refractivity contribution < 1.29 is 30.2 Å². The molecule has 0 spiro atoms. The van der Waals surface area contributed by atoms with Gasteiger partial charge in [-0.05, 0) is 77.9 Å². The van der Waals surface area contributed by atoms with Crippen LogP contribution < -0.4 is 9.08 Å². The first-order valence-corrected chi connectivity index (χ1v) is 19.8. The maximum atomic E-state index is 13.7. The predicted octanol–water partition coefficient (Wildman–Crippen LogP) is 13.7. The zero-order chi connectivity index (χ0) is 36.8. The number of alkyl halides is 3. The Bertz CT molecular complexity index is 3220. The molecule has 0 unspecified atom stereocenters. The molecule has 3 heterocycles. The Morgan fingerprint density at radius 3 is 1.89 bits per heavy atom. The molecule has 0 bridgehead atoms. The molecule has 0 N–H and O–H groups in total. The van der Waals surface area contributed by atoms with Gasteiger partial charge in [-0.25, -0.2) is 0 Å². The summed E-state index contributed by atoms with van der Waals surface area (Å²) in [4.78, 5) is 1.85. The third kappa shape index (κ3) is 5.30. The number of benzene rings is 7. The first kappa shape index (κ1) is 32.7. The molecule has 0 amide bonds. The van der Waals surface area contributed by atoms with Crippen molar-refractivity contribution >= 4 is 112 Å². The molecule has 0 saturated heterocycles. The van der Waals surface area contributed by atoms with Crippen molar-refractivity contribution in [3.63, 3.8) is 0 Å². The van der Waals surface area contributed by atoms with E-state index in [0.717, 1.165) is 46.8 Å². The summed E-state index contributed by atoms with van der Waals surface area (Å²) in [5, 5.41) is 5.43. The average Bonchev–Trinajstić information content (AvgIpc) is 3.85. The van der Waals surface area contributed by atoms with Crippen LogP contribution in [0.5, 0.6) is 5.75 Å². The van der Waals surface area contributed by atoms with Crippen LogP contribution in [0.1, 0.15) is 0 Å². The van der Waals surface area contributed by atoms with Crippen molar-refractivity contribution in [1.82, 2.24) is 0 Å². The molecule has 10 rings (SSSR count). The van der Waals surface area contributed by atoms with Gasteiger partial charge in [-0.2, -0.15) is 21.6 Å². The van der Waals surface area contributed by atoms with Crippen molar-refractivity contribution in [3.8, 4) is 16.9 Å². The number of rotatable bonds is 6. The zero-order valence-electron chi connectivity index (χ0n) is 27.8. The van der Waals surface area contributed by atoms with Gasteiger partial charge in [0.25, 0.3) is 0 Å². The van der Waals surface area contributed by atoms with Crippen molar-refractivity contribution in [3.05, 3.63) is 146 Å². The van der Waals surface area contributed by atoms with Crippen LogP contribution in [-0.2, 0) is 10.1 Å². The Morgan fingerprint density at radius 1 is 0.537 bits per heavy atom. The fraction of sp³-hybridized carbons (Fsp3) is 0.0233. The van der Waals surface area contributed by atoms with Crippen LogP contribution in [0.25, 0.3) is 73.4 Å². The minimum absolute atomic E-state index is 0.301. The molecule has 0 atom stereocenters. The molecule has 11 heteroatoms. The van der Waals surface area contributed by atoms with Gasteiger partial charge in [-0.1, -0.05) is 72.8 Å². The third-order valence-electron chi connectivity index (χ3n) is 9.60. The largest absolute Gasteiger partial charge is 0.534 e. The highest BCUT2D eigenvalue weighted by molar-refractivity contribution is 7.88. The fourth-order valence-corrected chi connectivity index (χ4v) is 9.84. The van der Waals surface area contributed by atoms with Gasteiger partial charge < -0.3 is 13.5 Å². The number of thiophene rings is 2. The molecule has 7 aromatic carbocycles. The summed E-state index contributed by atoms with van der Waals surface area (Å²) in [5.41, 5.74) is -1.36. The number of nitrogens with zero attached hydrogens (tertiary/aromatic N) is 1. The topological polar surface area (TPSA) is 59.8 Å². The van der Waals surface area contributed by atoms with Crippen molar-refractivity contribution in [1.29, 1.82) is 0 Å². The van der Waals surface area contributed by atoms with Crippen LogP contribution in [0.4, 0.5) is 30.2 Å². The van der Waals surface area contributed by atoms with E-state index in [1.807, 2.05) is 102 Å². The molecular formula is C43H24F3NO4S3. The summed E-state index contributed by atoms with van der Waals surface area (Å²) in [6.07, 6.45) is 0. The van der Waals surface area contributed by atoms with Gasteiger partial charge in [-0.15, -0.1) is 22.7 Å². The van der Waals surface area contributed by atoms with Crippen LogP contribution in [0, 0.1) is 0 Å². The van der Waals surface area contributed by atoms with Crippen LogP contribution in [0.15, 0.2) is 150 Å². The summed E-state index contributed by atoms with van der Waals surface area (Å²) in [7, 11) is -6.00. The smallest absolute Gasteiger partial charge is 0.454 e. The Labute approximate surface area is 313 Å². The maximum Gasteiger partial charge on any atom is 0.534 e. The van der Waals surface area contributed by atoms with Crippen LogP contribution in [0.2, 0.25) is 0 Å². The van der Waals surface area contributed by atoms with Crippen LogP contribution >= 0.6 is 22.7 Å². The highest BCUT2D eigenvalue weighted by atomic mass is 32.2. The Morgan fingerprint density at radius 2 is 1.15 bits per heavy atom. The Balaban J connectivity index is 1.21. The number of furan rings is 1. The number of halogens is 3. The van der Waals surface area contributed by atoms with Crippen LogP contribution in [-0.4, -0.2) is 13.9 Å². The fourth-order valence-electron chi connectivity index (χ4n) is 7.17. The highest BCUT2D eigenvalue weighted by Crippen LogP contribution is 2.47. The lowest BCUT2D eigenvalue weighted by Gasteiger charge is -2.26. The van der Waals surface area contributed by atoms with Gasteiger partial charge in [0.15, 0.2) is 5.58 Å². The number of hydrogen-bond donors (Lipinski definition) is 0. The van der Waals surface area contributed by atoms with Gasteiger partial charge in [0.2, 0.25) is 0 Å². The van der Waals surface area contributed by atoms with Gasteiger partial charge in [-0.3, -0.25) is 0 Å². The quantitative estimate of drug-likeness (QED) is 0.124. The van der Waals surface area contributed by atoms with Gasteiger partial charge in [0.05, 0.1) is 5.69 Å². The van der Waals surface area contributed by atoms with Crippen LogP contribution in [0.3, 0.4) is 0 Å². The molecule has 0 radical (unpaired) electrons. The van der Waals surface area contributed by atoms with Crippen molar-refractivity contribution in [2.45, 2.75) is 5.51 Å². The molecule has 0 aliphatic carbocycles. The molecule has 0 saturated carbocycles. The molecular weight excluding hydrogens is 748 g/mol. The number of anilines is 3. The predicted molar refractivity (Wildman–Crippen MR) is 215 cm³/mol. The summed E-state index contributed by atoms with van der Waals surface area (Å²) < 4.78 is 81.9. The second-order valence-electron chi connectivity index (χ2n) is 12.9. The lowest BCUT2D eigenvalue weighted by atomic mass is 10.0. The molecule has 54 heavy (non-hydrogen) atoms. The lowest BCUT2D eigenvalue weighted by Crippen LogP contribution is -2.28. The SMILES string of the molecule is O=S(=O)(Oc1cc(N(c2ccccc2)c2ccc3c(c2)sc2ccccc23)c2oc3ccc(-c4ccc5sc6ccccc6c5c4)cc3c2c1)C(F)(F)F. The van der Waals surface area contributed by atoms with E-state index in [0.29, 0.717) is 39.0 Å². The molecule has 10 aromatic rings. The molecule has 0 aliphatic rings. The third-order valence-corrected chi connectivity index (χ3v) is 12.9. The van der Waals surface area contributed by atoms with Crippen molar-refractivity contribution in [2.24, 2.45) is 0 Å². The van der Waals surface area contributed by atoms with Gasteiger partial charge in [0, 0.05) is 68.6 Å². The summed E-state index contributed by atoms with van der Waals surface area (Å²) in [6.45, 7) is 0.